The fourth-order valence-corrected chi connectivity index (χ4v) is 4.40. The van der Waals surface area contributed by atoms with E-state index in [1.807, 2.05) is 31.2 Å². The number of aromatic nitrogens is 2. The second kappa shape index (κ2) is 8.71. The van der Waals surface area contributed by atoms with Crippen LogP contribution in [0.15, 0.2) is 42.5 Å². The van der Waals surface area contributed by atoms with Gasteiger partial charge in [-0.05, 0) is 38.0 Å². The van der Waals surface area contributed by atoms with Crippen LogP contribution in [0.4, 0.5) is 5.13 Å². The topological polar surface area (TPSA) is 75.2 Å². The summed E-state index contributed by atoms with van der Waals surface area (Å²) in [6.07, 6.45) is 1.33. The van der Waals surface area contributed by atoms with Crippen LogP contribution >= 0.6 is 34.5 Å². The Morgan fingerprint density at radius 3 is 2.60 bits per heavy atom. The molecule has 3 aromatic rings. The first-order valence-electron chi connectivity index (χ1n) is 9.40. The molecule has 0 saturated carbocycles. The van der Waals surface area contributed by atoms with Crippen LogP contribution in [0.25, 0.3) is 10.6 Å². The van der Waals surface area contributed by atoms with Gasteiger partial charge in [0.25, 0.3) is 5.91 Å². The van der Waals surface area contributed by atoms with Crippen molar-refractivity contribution < 1.29 is 9.59 Å². The Kier molecular flexibility index (Phi) is 6.04. The summed E-state index contributed by atoms with van der Waals surface area (Å²) in [5.41, 5.74) is 2.50. The molecule has 2 amide bonds. The molecule has 1 unspecified atom stereocenters. The third kappa shape index (κ3) is 4.33. The van der Waals surface area contributed by atoms with Crippen LogP contribution in [0.3, 0.4) is 0 Å². The molecule has 1 N–H and O–H groups in total. The Bertz CT molecular complexity index is 1100. The molecule has 9 heteroatoms. The number of hydrogen-bond acceptors (Lipinski definition) is 5. The Hall–Kier alpha value is -2.48. The molecule has 1 fully saturated rings. The zero-order valence-electron chi connectivity index (χ0n) is 16.1. The summed E-state index contributed by atoms with van der Waals surface area (Å²) in [5.74, 6) is -0.517. The third-order valence-electron chi connectivity index (χ3n) is 4.94. The Balaban J connectivity index is 1.47. The average molecular weight is 461 g/mol. The Labute approximate surface area is 187 Å². The van der Waals surface area contributed by atoms with Gasteiger partial charge in [0, 0.05) is 17.7 Å². The first-order chi connectivity index (χ1) is 14.4. The molecule has 1 saturated heterocycles. The van der Waals surface area contributed by atoms with Crippen molar-refractivity contribution in [1.29, 1.82) is 0 Å². The first-order valence-corrected chi connectivity index (χ1v) is 11.0. The van der Waals surface area contributed by atoms with Crippen LogP contribution in [0.5, 0.6) is 0 Å². The number of carbonyl (C=O) groups is 2. The number of amides is 2. The molecule has 154 valence electrons. The van der Waals surface area contributed by atoms with Gasteiger partial charge in [0.1, 0.15) is 11.0 Å². The highest BCUT2D eigenvalue weighted by Crippen LogP contribution is 2.29. The van der Waals surface area contributed by atoms with Crippen molar-refractivity contribution in [2.45, 2.75) is 25.8 Å². The number of anilines is 1. The van der Waals surface area contributed by atoms with Gasteiger partial charge >= 0.3 is 0 Å². The van der Waals surface area contributed by atoms with E-state index in [0.717, 1.165) is 22.6 Å². The number of carbonyl (C=O) groups excluding carboxylic acids is 2. The molecule has 1 aliphatic rings. The lowest BCUT2D eigenvalue weighted by molar-refractivity contribution is -0.119. The van der Waals surface area contributed by atoms with Crippen molar-refractivity contribution in [3.05, 3.63) is 63.6 Å². The molecule has 6 nitrogen and oxygen atoms in total. The highest BCUT2D eigenvalue weighted by atomic mass is 35.5. The van der Waals surface area contributed by atoms with Gasteiger partial charge < -0.3 is 4.90 Å². The van der Waals surface area contributed by atoms with Gasteiger partial charge in [-0.25, -0.2) is 0 Å². The number of benzene rings is 2. The van der Waals surface area contributed by atoms with Gasteiger partial charge in [-0.2, -0.15) is 0 Å². The van der Waals surface area contributed by atoms with E-state index in [0.29, 0.717) is 33.7 Å². The van der Waals surface area contributed by atoms with E-state index >= 15 is 0 Å². The van der Waals surface area contributed by atoms with Gasteiger partial charge in [0.05, 0.1) is 10.0 Å². The summed E-state index contributed by atoms with van der Waals surface area (Å²) in [7, 11) is 0. The summed E-state index contributed by atoms with van der Waals surface area (Å²) in [4.78, 5) is 27.3. The molecule has 1 aromatic heterocycles. The van der Waals surface area contributed by atoms with E-state index in [9.17, 15) is 9.59 Å². The van der Waals surface area contributed by atoms with Gasteiger partial charge in [0.2, 0.25) is 11.0 Å². The van der Waals surface area contributed by atoms with Crippen molar-refractivity contribution in [3.63, 3.8) is 0 Å². The molecule has 0 bridgehead atoms. The predicted molar refractivity (Wildman–Crippen MR) is 119 cm³/mol. The van der Waals surface area contributed by atoms with Crippen molar-refractivity contribution in [3.8, 4) is 10.6 Å². The lowest BCUT2D eigenvalue weighted by Gasteiger charge is -2.23. The molecular weight excluding hydrogens is 443 g/mol. The van der Waals surface area contributed by atoms with Crippen LogP contribution in [0, 0.1) is 6.92 Å². The maximum Gasteiger partial charge on any atom is 0.254 e. The number of aryl methyl sites for hydroxylation is 1. The smallest absolute Gasteiger partial charge is 0.254 e. The normalized spacial score (nSPS) is 16.0. The fraction of sp³-hybridized carbons (Fsp3) is 0.238. The standard InChI is InChI=1S/C21H18Cl2N4O2S/c1-12-4-6-13(7-5-12)19-25-26-21(30-19)24-18(28)17-3-2-10-27(17)20(29)14-8-9-15(22)16(23)11-14/h4-9,11,17H,2-3,10H2,1H3,(H,24,26,28). The number of hydrogen-bond donors (Lipinski definition) is 1. The highest BCUT2D eigenvalue weighted by molar-refractivity contribution is 7.18. The van der Waals surface area contributed by atoms with E-state index < -0.39 is 6.04 Å². The molecule has 1 aliphatic heterocycles. The van der Waals surface area contributed by atoms with Crippen molar-refractivity contribution in [2.24, 2.45) is 0 Å². The summed E-state index contributed by atoms with van der Waals surface area (Å²) in [6.45, 7) is 2.52. The second-order valence-electron chi connectivity index (χ2n) is 7.05. The zero-order valence-corrected chi connectivity index (χ0v) is 18.4. The van der Waals surface area contributed by atoms with Crippen molar-refractivity contribution in [1.82, 2.24) is 15.1 Å². The SMILES string of the molecule is Cc1ccc(-c2nnc(NC(=O)C3CCCN3C(=O)c3ccc(Cl)c(Cl)c3)s2)cc1. The van der Waals surface area contributed by atoms with E-state index in [1.54, 1.807) is 17.0 Å². The molecule has 30 heavy (non-hydrogen) atoms. The minimum Gasteiger partial charge on any atom is -0.327 e. The summed E-state index contributed by atoms with van der Waals surface area (Å²) >= 11 is 13.3. The minimum atomic E-state index is -0.571. The van der Waals surface area contributed by atoms with Crippen molar-refractivity contribution >= 4 is 51.5 Å². The molecule has 0 aliphatic carbocycles. The lowest BCUT2D eigenvalue weighted by Crippen LogP contribution is -2.43. The van der Waals surface area contributed by atoms with Crippen LogP contribution in [0.2, 0.25) is 10.0 Å². The molecule has 0 radical (unpaired) electrons. The molecule has 2 aromatic carbocycles. The minimum absolute atomic E-state index is 0.246. The second-order valence-corrected chi connectivity index (χ2v) is 8.85. The summed E-state index contributed by atoms with van der Waals surface area (Å²) in [6, 6.07) is 12.1. The molecule has 4 rings (SSSR count). The Morgan fingerprint density at radius 2 is 1.87 bits per heavy atom. The largest absolute Gasteiger partial charge is 0.327 e. The van der Waals surface area contributed by atoms with E-state index in [-0.39, 0.29) is 11.8 Å². The predicted octanol–water partition coefficient (Wildman–Crippen LogP) is 5.06. The zero-order chi connectivity index (χ0) is 21.3. The lowest BCUT2D eigenvalue weighted by atomic mass is 10.1. The molecule has 2 heterocycles. The number of likely N-dealkylation sites (tertiary alicyclic amines) is 1. The number of rotatable bonds is 4. The highest BCUT2D eigenvalue weighted by Gasteiger charge is 2.35. The Morgan fingerprint density at radius 1 is 1.10 bits per heavy atom. The molecular formula is C21H18Cl2N4O2S. The first kappa shape index (κ1) is 20.8. The van der Waals surface area contributed by atoms with Crippen LogP contribution < -0.4 is 5.32 Å². The van der Waals surface area contributed by atoms with Gasteiger partial charge in [-0.15, -0.1) is 10.2 Å². The van der Waals surface area contributed by atoms with Gasteiger partial charge in [-0.3, -0.25) is 14.9 Å². The van der Waals surface area contributed by atoms with Crippen LogP contribution in [-0.4, -0.2) is 39.5 Å². The summed E-state index contributed by atoms with van der Waals surface area (Å²) < 4.78 is 0. The maximum absolute atomic E-state index is 12.9. The number of nitrogens with one attached hydrogen (secondary N) is 1. The third-order valence-corrected chi connectivity index (χ3v) is 6.56. The monoisotopic (exact) mass is 460 g/mol. The number of nitrogens with zero attached hydrogens (tertiary/aromatic N) is 3. The van der Waals surface area contributed by atoms with Crippen LogP contribution in [0.1, 0.15) is 28.8 Å². The van der Waals surface area contributed by atoms with E-state index in [4.69, 9.17) is 23.2 Å². The quantitative estimate of drug-likeness (QED) is 0.589. The summed E-state index contributed by atoms with van der Waals surface area (Å²) in [5, 5.41) is 12.9. The van der Waals surface area contributed by atoms with E-state index in [2.05, 4.69) is 15.5 Å². The fourth-order valence-electron chi connectivity index (χ4n) is 3.35. The molecule has 0 spiro atoms. The number of halogens is 2. The molecule has 1 atom stereocenters. The van der Waals surface area contributed by atoms with E-state index in [1.165, 1.54) is 17.4 Å². The van der Waals surface area contributed by atoms with Crippen molar-refractivity contribution in [2.75, 3.05) is 11.9 Å². The van der Waals surface area contributed by atoms with Gasteiger partial charge in [0.15, 0.2) is 0 Å². The van der Waals surface area contributed by atoms with Crippen LogP contribution in [-0.2, 0) is 4.79 Å². The van der Waals surface area contributed by atoms with Gasteiger partial charge in [-0.1, -0.05) is 64.4 Å². The average Bonchev–Trinajstić information content (AvgIpc) is 3.40. The maximum atomic E-state index is 12.9.